The fourth-order valence-corrected chi connectivity index (χ4v) is 2.81. The van der Waals surface area contributed by atoms with Crippen molar-refractivity contribution in [2.24, 2.45) is 0 Å². The summed E-state index contributed by atoms with van der Waals surface area (Å²) in [6, 6.07) is 20.9. The first-order valence-corrected chi connectivity index (χ1v) is 7.83. The zero-order chi connectivity index (χ0) is 16.1. The molecule has 1 N–H and O–H groups in total. The fourth-order valence-electron chi connectivity index (χ4n) is 2.81. The van der Waals surface area contributed by atoms with Crippen LogP contribution in [0.5, 0.6) is 0 Å². The molecular weight excluding hydrogens is 289 g/mol. The molecule has 23 heavy (non-hydrogen) atoms. The second-order valence-corrected chi connectivity index (χ2v) is 5.67. The van der Waals surface area contributed by atoms with Crippen LogP contribution in [0.15, 0.2) is 66.7 Å². The third kappa shape index (κ3) is 3.88. The largest absolute Gasteiger partial charge is 0.390 e. The minimum atomic E-state index is -0.229. The summed E-state index contributed by atoms with van der Waals surface area (Å²) < 4.78 is 15.2. The van der Waals surface area contributed by atoms with E-state index in [9.17, 15) is 9.50 Å². The molecule has 0 fully saturated rings. The lowest BCUT2D eigenvalue weighted by atomic mass is 10.1. The van der Waals surface area contributed by atoms with Crippen LogP contribution < -0.4 is 0 Å². The van der Waals surface area contributed by atoms with Gasteiger partial charge in [0, 0.05) is 17.9 Å². The van der Waals surface area contributed by atoms with Crippen molar-refractivity contribution in [3.8, 4) is 0 Å². The van der Waals surface area contributed by atoms with Gasteiger partial charge in [-0.2, -0.15) is 0 Å². The SMILES string of the molecule is OCc1ccc(CCc2ccccc2)n1Cc1ccc(F)cc1. The lowest BCUT2D eigenvalue weighted by Gasteiger charge is -2.13. The maximum absolute atomic E-state index is 13.1. The van der Waals surface area contributed by atoms with E-state index in [0.29, 0.717) is 6.54 Å². The molecule has 118 valence electrons. The Bertz CT molecular complexity index is 747. The predicted molar refractivity (Wildman–Crippen MR) is 89.7 cm³/mol. The highest BCUT2D eigenvalue weighted by molar-refractivity contribution is 5.23. The number of hydrogen-bond acceptors (Lipinski definition) is 1. The van der Waals surface area contributed by atoms with Crippen molar-refractivity contribution in [3.63, 3.8) is 0 Å². The molecule has 0 aliphatic carbocycles. The van der Waals surface area contributed by atoms with Gasteiger partial charge in [-0.15, -0.1) is 0 Å². The summed E-state index contributed by atoms with van der Waals surface area (Å²) in [5.41, 5.74) is 4.39. The Morgan fingerprint density at radius 2 is 1.43 bits per heavy atom. The maximum Gasteiger partial charge on any atom is 0.123 e. The van der Waals surface area contributed by atoms with Crippen molar-refractivity contribution in [1.29, 1.82) is 0 Å². The van der Waals surface area contributed by atoms with E-state index < -0.39 is 0 Å². The summed E-state index contributed by atoms with van der Waals surface area (Å²) in [5.74, 6) is -0.229. The number of hydrogen-bond donors (Lipinski definition) is 1. The molecule has 3 heteroatoms. The van der Waals surface area contributed by atoms with Crippen LogP contribution in [0.3, 0.4) is 0 Å². The zero-order valence-corrected chi connectivity index (χ0v) is 13.0. The van der Waals surface area contributed by atoms with Gasteiger partial charge in [0.1, 0.15) is 5.82 Å². The summed E-state index contributed by atoms with van der Waals surface area (Å²) in [6.45, 7) is 0.653. The van der Waals surface area contributed by atoms with Gasteiger partial charge in [0.15, 0.2) is 0 Å². The van der Waals surface area contributed by atoms with Gasteiger partial charge in [0.2, 0.25) is 0 Å². The standard InChI is InChI=1S/C20H20FNO/c21-18-9-6-17(7-10-18)14-22-19(12-13-20(22)15-23)11-8-16-4-2-1-3-5-16/h1-7,9-10,12-13,23H,8,11,14-15H2. The Morgan fingerprint density at radius 3 is 2.13 bits per heavy atom. The molecule has 1 heterocycles. The van der Waals surface area contributed by atoms with Crippen molar-refractivity contribution < 1.29 is 9.50 Å². The Hall–Kier alpha value is -2.39. The van der Waals surface area contributed by atoms with Crippen molar-refractivity contribution in [1.82, 2.24) is 4.57 Å². The van der Waals surface area contributed by atoms with Crippen LogP contribution in [0.2, 0.25) is 0 Å². The molecule has 0 unspecified atom stereocenters. The van der Waals surface area contributed by atoms with Crippen LogP contribution in [-0.4, -0.2) is 9.67 Å². The number of aromatic nitrogens is 1. The molecule has 0 spiro atoms. The highest BCUT2D eigenvalue weighted by atomic mass is 19.1. The minimum Gasteiger partial charge on any atom is -0.390 e. The molecule has 0 radical (unpaired) electrons. The van der Waals surface area contributed by atoms with Gasteiger partial charge in [-0.05, 0) is 48.2 Å². The van der Waals surface area contributed by atoms with Gasteiger partial charge < -0.3 is 9.67 Å². The first-order chi connectivity index (χ1) is 11.3. The third-order valence-corrected chi connectivity index (χ3v) is 4.09. The van der Waals surface area contributed by atoms with E-state index in [1.54, 1.807) is 12.1 Å². The number of aryl methyl sites for hydroxylation is 2. The van der Waals surface area contributed by atoms with Crippen LogP contribution in [0.4, 0.5) is 4.39 Å². The minimum absolute atomic E-state index is 0.00648. The molecule has 0 aliphatic heterocycles. The number of rotatable bonds is 6. The molecule has 3 aromatic rings. The van der Waals surface area contributed by atoms with Crippen molar-refractivity contribution >= 4 is 0 Å². The van der Waals surface area contributed by atoms with Crippen LogP contribution in [0.1, 0.15) is 22.5 Å². The number of halogens is 1. The molecule has 0 aliphatic rings. The Labute approximate surface area is 135 Å². The topological polar surface area (TPSA) is 25.2 Å². The van der Waals surface area contributed by atoms with E-state index in [0.717, 1.165) is 24.1 Å². The van der Waals surface area contributed by atoms with E-state index >= 15 is 0 Å². The second kappa shape index (κ2) is 7.25. The van der Waals surface area contributed by atoms with E-state index in [2.05, 4.69) is 22.8 Å². The summed E-state index contributed by atoms with van der Waals surface area (Å²) >= 11 is 0. The highest BCUT2D eigenvalue weighted by Gasteiger charge is 2.08. The molecule has 0 saturated heterocycles. The Kier molecular flexibility index (Phi) is 4.89. The molecule has 0 atom stereocenters. The molecule has 2 aromatic carbocycles. The molecule has 2 nitrogen and oxygen atoms in total. The van der Waals surface area contributed by atoms with E-state index in [1.165, 1.54) is 23.4 Å². The second-order valence-electron chi connectivity index (χ2n) is 5.67. The summed E-state index contributed by atoms with van der Waals surface area (Å²) in [4.78, 5) is 0. The van der Waals surface area contributed by atoms with Gasteiger partial charge in [0.25, 0.3) is 0 Å². The maximum atomic E-state index is 13.1. The van der Waals surface area contributed by atoms with E-state index in [1.807, 2.05) is 24.3 Å². The normalized spacial score (nSPS) is 10.9. The zero-order valence-electron chi connectivity index (χ0n) is 13.0. The van der Waals surface area contributed by atoms with Gasteiger partial charge in [-0.25, -0.2) is 4.39 Å². The Balaban J connectivity index is 1.78. The number of aliphatic hydroxyl groups excluding tert-OH is 1. The van der Waals surface area contributed by atoms with Crippen LogP contribution in [0.25, 0.3) is 0 Å². The third-order valence-electron chi connectivity index (χ3n) is 4.09. The summed E-state index contributed by atoms with van der Waals surface area (Å²) in [7, 11) is 0. The molecule has 3 rings (SSSR count). The van der Waals surface area contributed by atoms with Crippen LogP contribution in [-0.2, 0) is 26.0 Å². The van der Waals surface area contributed by atoms with Gasteiger partial charge in [0.05, 0.1) is 6.61 Å². The lowest BCUT2D eigenvalue weighted by molar-refractivity contribution is 0.271. The van der Waals surface area contributed by atoms with E-state index in [4.69, 9.17) is 0 Å². The molecule has 0 bridgehead atoms. The van der Waals surface area contributed by atoms with Crippen molar-refractivity contribution in [2.75, 3.05) is 0 Å². The van der Waals surface area contributed by atoms with Gasteiger partial charge >= 0.3 is 0 Å². The molecule has 0 saturated carbocycles. The van der Waals surface area contributed by atoms with Gasteiger partial charge in [-0.3, -0.25) is 0 Å². The average molecular weight is 309 g/mol. The fraction of sp³-hybridized carbons (Fsp3) is 0.200. The van der Waals surface area contributed by atoms with Crippen molar-refractivity contribution in [2.45, 2.75) is 26.0 Å². The van der Waals surface area contributed by atoms with Crippen molar-refractivity contribution in [3.05, 3.63) is 95.1 Å². The predicted octanol–water partition coefficient (Wildman–Crippen LogP) is 3.95. The Morgan fingerprint density at radius 1 is 0.739 bits per heavy atom. The number of benzene rings is 2. The summed E-state index contributed by atoms with van der Waals surface area (Å²) in [5, 5.41) is 9.56. The summed E-state index contributed by atoms with van der Waals surface area (Å²) in [6.07, 6.45) is 1.87. The van der Waals surface area contributed by atoms with Crippen LogP contribution >= 0.6 is 0 Å². The molecular formula is C20H20FNO. The monoisotopic (exact) mass is 309 g/mol. The van der Waals surface area contributed by atoms with Gasteiger partial charge in [-0.1, -0.05) is 42.5 Å². The first kappa shape index (κ1) is 15.5. The lowest BCUT2D eigenvalue weighted by Crippen LogP contribution is -2.09. The first-order valence-electron chi connectivity index (χ1n) is 7.83. The van der Waals surface area contributed by atoms with E-state index in [-0.39, 0.29) is 12.4 Å². The average Bonchev–Trinajstić information content (AvgIpc) is 2.98. The molecule has 0 amide bonds. The smallest absolute Gasteiger partial charge is 0.123 e. The number of aliphatic hydroxyl groups is 1. The quantitative estimate of drug-likeness (QED) is 0.733. The highest BCUT2D eigenvalue weighted by Crippen LogP contribution is 2.16. The van der Waals surface area contributed by atoms with Crippen LogP contribution in [0, 0.1) is 5.82 Å². The molecule has 1 aromatic heterocycles. The number of nitrogens with zero attached hydrogens (tertiary/aromatic N) is 1.